The topological polar surface area (TPSA) is 32.3 Å². The summed E-state index contributed by atoms with van der Waals surface area (Å²) in [6.07, 6.45) is 2.27. The highest BCUT2D eigenvalue weighted by molar-refractivity contribution is 4.88. The van der Waals surface area contributed by atoms with Crippen molar-refractivity contribution in [3.05, 3.63) is 0 Å². The summed E-state index contributed by atoms with van der Waals surface area (Å²) in [5.41, 5.74) is 0. The highest BCUT2D eigenvalue weighted by Gasteiger charge is 2.30. The lowest BCUT2D eigenvalue weighted by molar-refractivity contribution is 0.295. The van der Waals surface area contributed by atoms with Crippen LogP contribution in [0.5, 0.6) is 0 Å². The van der Waals surface area contributed by atoms with Gasteiger partial charge in [-0.25, -0.2) is 0 Å². The molecule has 0 bridgehead atoms. The van der Waals surface area contributed by atoms with Gasteiger partial charge in [0.15, 0.2) is 0 Å². The first-order valence-electron chi connectivity index (χ1n) is 4.60. The molecule has 2 nitrogen and oxygen atoms in total. The molecule has 0 aromatic rings. The molecule has 0 radical (unpaired) electrons. The van der Waals surface area contributed by atoms with Crippen LogP contribution in [0.1, 0.15) is 33.6 Å². The van der Waals surface area contributed by atoms with Gasteiger partial charge in [-0.15, -0.1) is 0 Å². The molecule has 11 heavy (non-hydrogen) atoms. The number of aliphatic hydroxyl groups excluding tert-OH is 1. The SMILES string of the molecule is CCCO.CCNC1CC1C. The Morgan fingerprint density at radius 1 is 1.45 bits per heavy atom. The molecule has 2 atom stereocenters. The van der Waals surface area contributed by atoms with E-state index >= 15 is 0 Å². The molecule has 0 aromatic heterocycles. The first-order chi connectivity index (χ1) is 5.26. The molecule has 0 heterocycles. The molecule has 68 valence electrons. The fraction of sp³-hybridized carbons (Fsp3) is 1.00. The number of aliphatic hydroxyl groups is 1. The second kappa shape index (κ2) is 6.62. The zero-order valence-electron chi connectivity index (χ0n) is 7.93. The fourth-order valence-electron chi connectivity index (χ4n) is 0.869. The predicted octanol–water partition coefficient (Wildman–Crippen LogP) is 1.39. The van der Waals surface area contributed by atoms with Crippen LogP contribution in [0.4, 0.5) is 0 Å². The van der Waals surface area contributed by atoms with Crippen LogP contribution in [0.15, 0.2) is 0 Å². The van der Waals surface area contributed by atoms with Crippen molar-refractivity contribution in [2.75, 3.05) is 13.2 Å². The summed E-state index contributed by atoms with van der Waals surface area (Å²) in [6, 6.07) is 0.866. The van der Waals surface area contributed by atoms with Crippen molar-refractivity contribution >= 4 is 0 Å². The summed E-state index contributed by atoms with van der Waals surface area (Å²) in [5.74, 6) is 0.958. The molecule has 1 aliphatic rings. The zero-order valence-corrected chi connectivity index (χ0v) is 7.93. The lowest BCUT2D eigenvalue weighted by atomic mass is 10.5. The van der Waals surface area contributed by atoms with Crippen molar-refractivity contribution in [1.29, 1.82) is 0 Å². The monoisotopic (exact) mass is 159 g/mol. The van der Waals surface area contributed by atoms with E-state index in [0.29, 0.717) is 6.61 Å². The third-order valence-electron chi connectivity index (χ3n) is 1.80. The summed E-state index contributed by atoms with van der Waals surface area (Å²) < 4.78 is 0. The lowest BCUT2D eigenvalue weighted by Gasteiger charge is -1.92. The molecule has 0 spiro atoms. The minimum absolute atomic E-state index is 0.319. The number of hydrogen-bond acceptors (Lipinski definition) is 2. The minimum Gasteiger partial charge on any atom is -0.396 e. The van der Waals surface area contributed by atoms with E-state index in [9.17, 15) is 0 Å². The highest BCUT2D eigenvalue weighted by Crippen LogP contribution is 2.28. The van der Waals surface area contributed by atoms with Gasteiger partial charge in [0.1, 0.15) is 0 Å². The van der Waals surface area contributed by atoms with Crippen molar-refractivity contribution < 1.29 is 5.11 Å². The molecule has 1 aliphatic carbocycles. The van der Waals surface area contributed by atoms with Gasteiger partial charge in [0.25, 0.3) is 0 Å². The van der Waals surface area contributed by atoms with Crippen molar-refractivity contribution in [2.45, 2.75) is 39.7 Å². The van der Waals surface area contributed by atoms with E-state index in [1.807, 2.05) is 6.92 Å². The predicted molar refractivity (Wildman–Crippen MR) is 48.6 cm³/mol. The summed E-state index contributed by atoms with van der Waals surface area (Å²) in [7, 11) is 0. The molecule has 2 heteroatoms. The van der Waals surface area contributed by atoms with E-state index in [-0.39, 0.29) is 0 Å². The van der Waals surface area contributed by atoms with Crippen LogP contribution < -0.4 is 5.32 Å². The van der Waals surface area contributed by atoms with Crippen molar-refractivity contribution in [3.63, 3.8) is 0 Å². The maximum atomic E-state index is 7.88. The van der Waals surface area contributed by atoms with E-state index < -0.39 is 0 Å². The third kappa shape index (κ3) is 6.32. The van der Waals surface area contributed by atoms with Gasteiger partial charge < -0.3 is 10.4 Å². The largest absolute Gasteiger partial charge is 0.396 e. The Morgan fingerprint density at radius 2 is 1.91 bits per heavy atom. The van der Waals surface area contributed by atoms with Gasteiger partial charge in [-0.3, -0.25) is 0 Å². The fourth-order valence-corrected chi connectivity index (χ4v) is 0.869. The maximum absolute atomic E-state index is 7.88. The number of rotatable bonds is 3. The smallest absolute Gasteiger partial charge is 0.0428 e. The molecule has 0 saturated heterocycles. The van der Waals surface area contributed by atoms with E-state index in [2.05, 4.69) is 19.2 Å². The Labute approximate surface area is 70.0 Å². The van der Waals surface area contributed by atoms with E-state index in [0.717, 1.165) is 24.9 Å². The minimum atomic E-state index is 0.319. The van der Waals surface area contributed by atoms with E-state index in [1.165, 1.54) is 6.42 Å². The van der Waals surface area contributed by atoms with Crippen molar-refractivity contribution in [1.82, 2.24) is 5.32 Å². The molecule has 2 N–H and O–H groups in total. The van der Waals surface area contributed by atoms with Crippen LogP contribution in [-0.2, 0) is 0 Å². The molecular formula is C9H21NO. The molecule has 1 fully saturated rings. The first-order valence-corrected chi connectivity index (χ1v) is 4.60. The Bertz CT molecular complexity index is 83.6. The molecule has 2 unspecified atom stereocenters. The van der Waals surface area contributed by atoms with Gasteiger partial charge in [0, 0.05) is 12.6 Å². The standard InChI is InChI=1S/C6H13N.C3H8O/c1-3-7-6-4-5(6)2;1-2-3-4/h5-7H,3-4H2,1-2H3;4H,2-3H2,1H3. The van der Waals surface area contributed by atoms with Gasteiger partial charge in [-0.2, -0.15) is 0 Å². The molecule has 1 saturated carbocycles. The summed E-state index contributed by atoms with van der Waals surface area (Å²) >= 11 is 0. The second-order valence-corrected chi connectivity index (χ2v) is 3.10. The van der Waals surface area contributed by atoms with Crippen LogP contribution in [0.2, 0.25) is 0 Å². The van der Waals surface area contributed by atoms with Crippen LogP contribution in [0.3, 0.4) is 0 Å². The second-order valence-electron chi connectivity index (χ2n) is 3.10. The van der Waals surface area contributed by atoms with Gasteiger partial charge in [-0.05, 0) is 25.3 Å². The van der Waals surface area contributed by atoms with Gasteiger partial charge in [0.2, 0.25) is 0 Å². The van der Waals surface area contributed by atoms with Crippen LogP contribution in [-0.4, -0.2) is 24.3 Å². The van der Waals surface area contributed by atoms with Crippen LogP contribution in [0.25, 0.3) is 0 Å². The molecule has 0 aliphatic heterocycles. The number of nitrogens with one attached hydrogen (secondary N) is 1. The van der Waals surface area contributed by atoms with Gasteiger partial charge >= 0.3 is 0 Å². The third-order valence-corrected chi connectivity index (χ3v) is 1.80. The van der Waals surface area contributed by atoms with Gasteiger partial charge in [-0.1, -0.05) is 20.8 Å². The van der Waals surface area contributed by atoms with E-state index in [1.54, 1.807) is 0 Å². The average molecular weight is 159 g/mol. The zero-order chi connectivity index (χ0) is 8.69. The van der Waals surface area contributed by atoms with Crippen LogP contribution >= 0.6 is 0 Å². The van der Waals surface area contributed by atoms with Crippen LogP contribution in [0, 0.1) is 5.92 Å². The molecule has 0 aromatic carbocycles. The van der Waals surface area contributed by atoms with Gasteiger partial charge in [0.05, 0.1) is 0 Å². The Kier molecular flexibility index (Phi) is 6.57. The quantitative estimate of drug-likeness (QED) is 0.652. The Hall–Kier alpha value is -0.0800. The summed E-state index contributed by atoms with van der Waals surface area (Å²) in [6.45, 7) is 7.83. The maximum Gasteiger partial charge on any atom is 0.0428 e. The highest BCUT2D eigenvalue weighted by atomic mass is 16.2. The molecule has 1 rings (SSSR count). The first kappa shape index (κ1) is 10.9. The summed E-state index contributed by atoms with van der Waals surface area (Å²) in [4.78, 5) is 0. The summed E-state index contributed by atoms with van der Waals surface area (Å²) in [5, 5.41) is 11.2. The lowest BCUT2D eigenvalue weighted by Crippen LogP contribution is -2.16. The molecule has 0 amide bonds. The van der Waals surface area contributed by atoms with Crippen molar-refractivity contribution in [3.8, 4) is 0 Å². The van der Waals surface area contributed by atoms with Crippen molar-refractivity contribution in [2.24, 2.45) is 5.92 Å². The number of hydrogen-bond donors (Lipinski definition) is 2. The average Bonchev–Trinajstić information content (AvgIpc) is 2.68. The Morgan fingerprint density at radius 3 is 2.00 bits per heavy atom. The molecular weight excluding hydrogens is 138 g/mol. The van der Waals surface area contributed by atoms with E-state index in [4.69, 9.17) is 5.11 Å². The Balaban J connectivity index is 0.000000218. The normalized spacial score (nSPS) is 27.3.